The molecule has 1 unspecified atom stereocenters. The van der Waals surface area contributed by atoms with Crippen molar-refractivity contribution >= 4 is 5.97 Å². The fourth-order valence-electron chi connectivity index (χ4n) is 2.63. The Labute approximate surface area is 131 Å². The molecule has 0 heterocycles. The second-order valence-electron chi connectivity index (χ2n) is 5.94. The molecule has 1 atom stereocenters. The van der Waals surface area contributed by atoms with Crippen LogP contribution < -0.4 is 0 Å². The molecule has 0 saturated carbocycles. The zero-order chi connectivity index (χ0) is 15.8. The van der Waals surface area contributed by atoms with E-state index in [2.05, 4.69) is 11.7 Å². The summed E-state index contributed by atoms with van der Waals surface area (Å²) in [6.45, 7) is 2.26. The molecular weight excluding hydrogens is 264 g/mol. The molecule has 0 aromatic heterocycles. The number of hydrogen-bond acceptors (Lipinski definition) is 3. The first-order chi connectivity index (χ1) is 10.2. The molecule has 0 aromatic rings. The lowest BCUT2D eigenvalue weighted by Gasteiger charge is -2.14. The molecule has 0 saturated heterocycles. The Morgan fingerprint density at radius 2 is 1.33 bits per heavy atom. The third kappa shape index (κ3) is 14.1. The first-order valence-electron chi connectivity index (χ1n) is 8.84. The molecule has 3 nitrogen and oxygen atoms in total. The van der Waals surface area contributed by atoms with Crippen molar-refractivity contribution in [3.05, 3.63) is 0 Å². The van der Waals surface area contributed by atoms with Crippen molar-refractivity contribution in [3.63, 3.8) is 0 Å². The highest BCUT2D eigenvalue weighted by Crippen LogP contribution is 2.15. The Kier molecular flexibility index (Phi) is 15.4. The van der Waals surface area contributed by atoms with Gasteiger partial charge in [0.05, 0.1) is 13.2 Å². The van der Waals surface area contributed by atoms with E-state index in [0.717, 1.165) is 25.7 Å². The van der Waals surface area contributed by atoms with Gasteiger partial charge in [-0.15, -0.1) is 0 Å². The first kappa shape index (κ1) is 20.4. The minimum Gasteiger partial charge on any atom is -0.469 e. The van der Waals surface area contributed by atoms with E-state index in [1.165, 1.54) is 58.5 Å². The van der Waals surface area contributed by atoms with Crippen molar-refractivity contribution in [2.45, 2.75) is 96.5 Å². The number of hydrogen-bond donors (Lipinski definition) is 0. The Bertz CT molecular complexity index is 229. The molecule has 0 fully saturated rings. The summed E-state index contributed by atoms with van der Waals surface area (Å²) < 4.78 is 10.2. The maximum atomic E-state index is 11.0. The lowest BCUT2D eigenvalue weighted by Crippen LogP contribution is -2.10. The van der Waals surface area contributed by atoms with Gasteiger partial charge in [0.1, 0.15) is 0 Å². The van der Waals surface area contributed by atoms with E-state index in [9.17, 15) is 4.79 Å². The van der Waals surface area contributed by atoms with E-state index in [0.29, 0.717) is 12.5 Å². The van der Waals surface area contributed by atoms with Gasteiger partial charge in [-0.25, -0.2) is 0 Å². The summed E-state index contributed by atoms with van der Waals surface area (Å²) in [6.07, 6.45) is 15.9. The molecule has 0 bridgehead atoms. The van der Waals surface area contributed by atoms with Crippen LogP contribution >= 0.6 is 0 Å². The quantitative estimate of drug-likeness (QED) is 0.305. The number of esters is 1. The third-order valence-corrected chi connectivity index (χ3v) is 4.10. The van der Waals surface area contributed by atoms with Gasteiger partial charge in [0.25, 0.3) is 0 Å². The molecule has 0 aliphatic rings. The van der Waals surface area contributed by atoms with Crippen LogP contribution in [0.25, 0.3) is 0 Å². The summed E-state index contributed by atoms with van der Waals surface area (Å²) in [7, 11) is 3.25. The molecular formula is C18H36O3. The van der Waals surface area contributed by atoms with E-state index >= 15 is 0 Å². The Balaban J connectivity index is 3.38. The highest BCUT2D eigenvalue weighted by atomic mass is 16.5. The van der Waals surface area contributed by atoms with E-state index < -0.39 is 0 Å². The second-order valence-corrected chi connectivity index (χ2v) is 5.94. The highest BCUT2D eigenvalue weighted by molar-refractivity contribution is 5.68. The van der Waals surface area contributed by atoms with Gasteiger partial charge >= 0.3 is 5.97 Å². The van der Waals surface area contributed by atoms with Crippen molar-refractivity contribution in [1.82, 2.24) is 0 Å². The number of methoxy groups -OCH3 is 2. The fraction of sp³-hybridized carbons (Fsp3) is 0.944. The second kappa shape index (κ2) is 15.8. The molecule has 0 aliphatic heterocycles. The zero-order valence-electron chi connectivity index (χ0n) is 14.5. The maximum absolute atomic E-state index is 11.0. The monoisotopic (exact) mass is 300 g/mol. The van der Waals surface area contributed by atoms with Crippen molar-refractivity contribution in [2.75, 3.05) is 14.2 Å². The van der Waals surface area contributed by atoms with Crippen LogP contribution in [0.15, 0.2) is 0 Å². The van der Waals surface area contributed by atoms with Gasteiger partial charge < -0.3 is 9.47 Å². The highest BCUT2D eigenvalue weighted by Gasteiger charge is 2.08. The zero-order valence-corrected chi connectivity index (χ0v) is 14.5. The molecule has 0 aromatic carbocycles. The van der Waals surface area contributed by atoms with Crippen LogP contribution in [0.4, 0.5) is 0 Å². The molecule has 0 rings (SSSR count). The predicted octanol–water partition coefficient (Wildman–Crippen LogP) is 5.27. The molecule has 0 N–H and O–H groups in total. The summed E-state index contributed by atoms with van der Waals surface area (Å²) in [6, 6.07) is 0. The van der Waals surface area contributed by atoms with Crippen molar-refractivity contribution in [1.29, 1.82) is 0 Å². The van der Waals surface area contributed by atoms with E-state index in [1.807, 2.05) is 0 Å². The van der Waals surface area contributed by atoms with Crippen LogP contribution in [0.2, 0.25) is 0 Å². The van der Waals surface area contributed by atoms with Crippen LogP contribution in [0.5, 0.6) is 0 Å². The van der Waals surface area contributed by atoms with Crippen molar-refractivity contribution in [2.24, 2.45) is 0 Å². The van der Waals surface area contributed by atoms with Crippen LogP contribution in [0, 0.1) is 0 Å². The lowest BCUT2D eigenvalue weighted by molar-refractivity contribution is -0.140. The average Bonchev–Trinajstić information content (AvgIpc) is 2.51. The topological polar surface area (TPSA) is 35.5 Å². The number of unbranched alkanes of at least 4 members (excludes halogenated alkanes) is 8. The number of carbonyl (C=O) groups excluding carboxylic acids is 1. The van der Waals surface area contributed by atoms with Crippen LogP contribution in [0.1, 0.15) is 90.4 Å². The largest absolute Gasteiger partial charge is 0.469 e. The van der Waals surface area contributed by atoms with E-state index in [4.69, 9.17) is 4.74 Å². The van der Waals surface area contributed by atoms with Crippen LogP contribution in [-0.4, -0.2) is 26.3 Å². The Morgan fingerprint density at radius 3 is 1.86 bits per heavy atom. The Morgan fingerprint density at radius 1 is 0.810 bits per heavy atom. The molecule has 21 heavy (non-hydrogen) atoms. The molecule has 0 spiro atoms. The minimum atomic E-state index is -0.105. The standard InChI is InChI=1S/C18H36O3/c1-4-5-6-7-8-9-10-11-14-17(20-2)15-12-13-16-18(19)21-3/h17H,4-16H2,1-3H3. The minimum absolute atomic E-state index is 0.105. The maximum Gasteiger partial charge on any atom is 0.305 e. The third-order valence-electron chi connectivity index (χ3n) is 4.10. The normalized spacial score (nSPS) is 12.3. The summed E-state index contributed by atoms with van der Waals surface area (Å²) in [5, 5.41) is 0. The summed E-state index contributed by atoms with van der Waals surface area (Å²) in [5.74, 6) is -0.105. The summed E-state index contributed by atoms with van der Waals surface area (Å²) in [4.78, 5) is 11.0. The molecule has 126 valence electrons. The SMILES string of the molecule is CCCCCCCCCCC(CCCCC(=O)OC)OC. The molecule has 0 amide bonds. The fourth-order valence-corrected chi connectivity index (χ4v) is 2.63. The smallest absolute Gasteiger partial charge is 0.305 e. The Hall–Kier alpha value is -0.570. The average molecular weight is 300 g/mol. The van der Waals surface area contributed by atoms with Crippen molar-refractivity contribution in [3.8, 4) is 0 Å². The summed E-state index contributed by atoms with van der Waals surface area (Å²) in [5.41, 5.74) is 0. The number of rotatable bonds is 15. The predicted molar refractivity (Wildman–Crippen MR) is 88.5 cm³/mol. The first-order valence-corrected chi connectivity index (χ1v) is 8.84. The van der Waals surface area contributed by atoms with Gasteiger partial charge in [-0.1, -0.05) is 64.7 Å². The van der Waals surface area contributed by atoms with Gasteiger partial charge in [-0.2, -0.15) is 0 Å². The van der Waals surface area contributed by atoms with Gasteiger partial charge in [-0.3, -0.25) is 4.79 Å². The van der Waals surface area contributed by atoms with Gasteiger partial charge in [0, 0.05) is 13.5 Å². The molecule has 0 aliphatic carbocycles. The van der Waals surface area contributed by atoms with Crippen LogP contribution in [-0.2, 0) is 14.3 Å². The number of carbonyl (C=O) groups is 1. The molecule has 0 radical (unpaired) electrons. The van der Waals surface area contributed by atoms with E-state index in [1.54, 1.807) is 7.11 Å². The van der Waals surface area contributed by atoms with Crippen molar-refractivity contribution < 1.29 is 14.3 Å². The lowest BCUT2D eigenvalue weighted by atomic mass is 10.0. The molecule has 3 heteroatoms. The number of ether oxygens (including phenoxy) is 2. The van der Waals surface area contributed by atoms with Crippen LogP contribution in [0.3, 0.4) is 0 Å². The van der Waals surface area contributed by atoms with E-state index in [-0.39, 0.29) is 5.97 Å². The summed E-state index contributed by atoms with van der Waals surface area (Å²) >= 11 is 0. The van der Waals surface area contributed by atoms with Gasteiger partial charge in [0.15, 0.2) is 0 Å². The van der Waals surface area contributed by atoms with Gasteiger partial charge in [0.2, 0.25) is 0 Å². The van der Waals surface area contributed by atoms with Gasteiger partial charge in [-0.05, 0) is 19.3 Å².